The second-order valence-electron chi connectivity index (χ2n) is 2.92. The van der Waals surface area contributed by atoms with Crippen LogP contribution in [0.25, 0.3) is 0 Å². The van der Waals surface area contributed by atoms with Gasteiger partial charge in [0.25, 0.3) is 0 Å². The van der Waals surface area contributed by atoms with Crippen molar-refractivity contribution in [2.75, 3.05) is 0 Å². The number of benzene rings is 1. The monoisotopic (exact) mass is 315 g/mol. The molecule has 0 aliphatic carbocycles. The summed E-state index contributed by atoms with van der Waals surface area (Å²) in [6.45, 7) is 0. The van der Waals surface area contributed by atoms with Crippen LogP contribution in [0.15, 0.2) is 18.2 Å². The predicted molar refractivity (Wildman–Crippen MR) is 49.8 cm³/mol. The van der Waals surface area contributed by atoms with Gasteiger partial charge < -0.3 is 14.6 Å². The van der Waals surface area contributed by atoms with Crippen LogP contribution < -0.4 is 9.84 Å². The van der Waals surface area contributed by atoms with E-state index >= 15 is 0 Å². The maximum Gasteiger partial charge on any atom is 0.573 e. The van der Waals surface area contributed by atoms with Gasteiger partial charge in [0.1, 0.15) is 0 Å². The summed E-state index contributed by atoms with van der Waals surface area (Å²) >= 11 is 2.67. The molecule has 0 saturated heterocycles. The maximum absolute atomic E-state index is 13.0. The Morgan fingerprint density at radius 2 is 2.00 bits per heavy atom. The molecule has 1 aromatic carbocycles. The highest BCUT2D eigenvalue weighted by atomic mass is 79.9. The highest BCUT2D eigenvalue weighted by molar-refractivity contribution is 9.09. The first-order valence-electron chi connectivity index (χ1n) is 4.11. The van der Waals surface area contributed by atoms with Crippen molar-refractivity contribution in [3.63, 3.8) is 0 Å². The van der Waals surface area contributed by atoms with E-state index in [9.17, 15) is 27.5 Å². The number of carboxylic acids is 1. The summed E-state index contributed by atoms with van der Waals surface area (Å²) in [6.07, 6.45) is -5.05. The third kappa shape index (κ3) is 3.88. The number of aliphatic carboxylic acids is 1. The zero-order valence-electron chi connectivity index (χ0n) is 7.92. The highest BCUT2D eigenvalue weighted by Crippen LogP contribution is 2.30. The Labute approximate surface area is 101 Å². The summed E-state index contributed by atoms with van der Waals surface area (Å²) in [5.41, 5.74) is -0.120. The number of alkyl halides is 4. The predicted octanol–water partition coefficient (Wildman–Crippen LogP) is 1.91. The maximum atomic E-state index is 13.0. The molecule has 0 N–H and O–H groups in total. The van der Waals surface area contributed by atoms with Gasteiger partial charge in [-0.15, -0.1) is 13.2 Å². The Kier molecular flexibility index (Phi) is 3.97. The van der Waals surface area contributed by atoms with Crippen LogP contribution >= 0.6 is 15.9 Å². The van der Waals surface area contributed by atoms with Crippen molar-refractivity contribution >= 4 is 21.9 Å². The molecule has 1 unspecified atom stereocenters. The number of carboxylic acid groups (broad SMARTS) is 1. The Bertz CT molecular complexity index is 433. The molecular formula is C9H4BrF4O3-. The third-order valence-corrected chi connectivity index (χ3v) is 2.58. The van der Waals surface area contributed by atoms with Gasteiger partial charge in [-0.1, -0.05) is 22.0 Å². The topological polar surface area (TPSA) is 49.4 Å². The van der Waals surface area contributed by atoms with Gasteiger partial charge in [0, 0.05) is 0 Å². The van der Waals surface area contributed by atoms with Crippen molar-refractivity contribution in [2.24, 2.45) is 0 Å². The summed E-state index contributed by atoms with van der Waals surface area (Å²) in [6, 6.07) is 2.32. The van der Waals surface area contributed by atoms with Gasteiger partial charge >= 0.3 is 6.36 Å². The number of ether oxygens (including phenoxy) is 1. The SMILES string of the molecule is O=C([O-])C(Br)c1ccc(F)c(OC(F)(F)F)c1. The van der Waals surface area contributed by atoms with Crippen molar-refractivity contribution in [1.29, 1.82) is 0 Å². The summed E-state index contributed by atoms with van der Waals surface area (Å²) in [4.78, 5) is 9.12. The van der Waals surface area contributed by atoms with E-state index in [0.717, 1.165) is 6.07 Å². The molecule has 0 saturated carbocycles. The van der Waals surface area contributed by atoms with Crippen molar-refractivity contribution in [1.82, 2.24) is 0 Å². The second-order valence-corrected chi connectivity index (χ2v) is 3.83. The van der Waals surface area contributed by atoms with Crippen LogP contribution in [-0.2, 0) is 4.79 Å². The van der Waals surface area contributed by atoms with Gasteiger partial charge in [0.15, 0.2) is 11.6 Å². The number of hydrogen-bond donors (Lipinski definition) is 0. The number of halogens is 5. The number of rotatable bonds is 3. The highest BCUT2D eigenvalue weighted by Gasteiger charge is 2.32. The minimum absolute atomic E-state index is 0.120. The number of carbonyl (C=O) groups is 1. The van der Waals surface area contributed by atoms with E-state index in [1.807, 2.05) is 0 Å². The molecule has 0 fully saturated rings. The lowest BCUT2D eigenvalue weighted by Crippen LogP contribution is -2.26. The fraction of sp³-hybridized carbons (Fsp3) is 0.222. The molecule has 1 rings (SSSR count). The van der Waals surface area contributed by atoms with Crippen LogP contribution in [0.4, 0.5) is 17.6 Å². The Balaban J connectivity index is 3.06. The molecule has 0 aliphatic rings. The molecule has 0 heterocycles. The lowest BCUT2D eigenvalue weighted by atomic mass is 10.1. The largest absolute Gasteiger partial charge is 0.573 e. The average molecular weight is 316 g/mol. The van der Waals surface area contributed by atoms with Gasteiger partial charge in [0.2, 0.25) is 0 Å². The second kappa shape index (κ2) is 4.91. The zero-order valence-corrected chi connectivity index (χ0v) is 9.51. The molecule has 0 spiro atoms. The molecule has 17 heavy (non-hydrogen) atoms. The lowest BCUT2D eigenvalue weighted by molar-refractivity contribution is -0.304. The van der Waals surface area contributed by atoms with E-state index in [1.165, 1.54) is 0 Å². The van der Waals surface area contributed by atoms with Crippen molar-refractivity contribution in [3.05, 3.63) is 29.6 Å². The van der Waals surface area contributed by atoms with Crippen LogP contribution in [0, 0.1) is 5.82 Å². The first-order valence-corrected chi connectivity index (χ1v) is 5.02. The van der Waals surface area contributed by atoms with E-state index in [-0.39, 0.29) is 5.56 Å². The van der Waals surface area contributed by atoms with Gasteiger partial charge in [0.05, 0.1) is 10.8 Å². The quantitative estimate of drug-likeness (QED) is 0.632. The zero-order chi connectivity index (χ0) is 13.2. The van der Waals surface area contributed by atoms with E-state index in [2.05, 4.69) is 20.7 Å². The van der Waals surface area contributed by atoms with E-state index in [1.54, 1.807) is 0 Å². The molecule has 1 aromatic rings. The van der Waals surface area contributed by atoms with Crippen molar-refractivity contribution in [2.45, 2.75) is 11.2 Å². The van der Waals surface area contributed by atoms with Crippen LogP contribution in [0.1, 0.15) is 10.4 Å². The van der Waals surface area contributed by atoms with Gasteiger partial charge in [-0.3, -0.25) is 0 Å². The summed E-state index contributed by atoms with van der Waals surface area (Å²) in [5.74, 6) is -3.90. The Hall–Kier alpha value is -1.31. The molecule has 8 heteroatoms. The van der Waals surface area contributed by atoms with E-state index in [0.29, 0.717) is 12.1 Å². The molecule has 1 atom stereocenters. The number of carbonyl (C=O) groups excluding carboxylic acids is 1. The minimum Gasteiger partial charge on any atom is -0.549 e. The summed E-state index contributed by atoms with van der Waals surface area (Å²) < 4.78 is 52.0. The molecular weight excluding hydrogens is 312 g/mol. The van der Waals surface area contributed by atoms with Crippen molar-refractivity contribution in [3.8, 4) is 5.75 Å². The summed E-state index contributed by atoms with van der Waals surface area (Å²) in [7, 11) is 0. The summed E-state index contributed by atoms with van der Waals surface area (Å²) in [5, 5.41) is 10.5. The molecule has 0 amide bonds. The fourth-order valence-electron chi connectivity index (χ4n) is 1.02. The van der Waals surface area contributed by atoms with Gasteiger partial charge in [-0.05, 0) is 17.7 Å². The third-order valence-electron chi connectivity index (χ3n) is 1.68. The molecule has 0 radical (unpaired) electrons. The van der Waals surface area contributed by atoms with Gasteiger partial charge in [-0.2, -0.15) is 0 Å². The lowest BCUT2D eigenvalue weighted by Gasteiger charge is -2.14. The normalized spacial score (nSPS) is 13.2. The molecule has 94 valence electrons. The first-order chi connectivity index (χ1) is 7.70. The Morgan fingerprint density at radius 1 is 1.41 bits per heavy atom. The van der Waals surface area contributed by atoms with Crippen LogP contribution in [0.2, 0.25) is 0 Å². The number of hydrogen-bond acceptors (Lipinski definition) is 3. The standard InChI is InChI=1S/C9H5BrF4O3/c10-7(8(15)16)4-1-2-5(11)6(3-4)17-9(12,13)14/h1-3,7H,(H,15,16)/p-1. The van der Waals surface area contributed by atoms with E-state index in [4.69, 9.17) is 0 Å². The molecule has 0 aliphatic heterocycles. The molecule has 3 nitrogen and oxygen atoms in total. The minimum atomic E-state index is -5.05. The van der Waals surface area contributed by atoms with Gasteiger partial charge in [-0.25, -0.2) is 4.39 Å². The average Bonchev–Trinajstić information content (AvgIpc) is 2.18. The van der Waals surface area contributed by atoms with Crippen LogP contribution in [-0.4, -0.2) is 12.3 Å². The van der Waals surface area contributed by atoms with Crippen LogP contribution in [0.5, 0.6) is 5.75 Å². The smallest absolute Gasteiger partial charge is 0.549 e. The Morgan fingerprint density at radius 3 is 2.47 bits per heavy atom. The fourth-order valence-corrected chi connectivity index (χ4v) is 1.30. The molecule has 0 aromatic heterocycles. The van der Waals surface area contributed by atoms with Crippen molar-refractivity contribution < 1.29 is 32.2 Å². The first kappa shape index (κ1) is 13.8. The van der Waals surface area contributed by atoms with Crippen LogP contribution in [0.3, 0.4) is 0 Å². The van der Waals surface area contributed by atoms with E-state index < -0.39 is 28.7 Å². The molecule has 0 bridgehead atoms.